The molecule has 0 bridgehead atoms. The summed E-state index contributed by atoms with van der Waals surface area (Å²) in [5, 5.41) is -0.313. The zero-order chi connectivity index (χ0) is 15.5. The summed E-state index contributed by atoms with van der Waals surface area (Å²) in [5.41, 5.74) is 4.98. The minimum absolute atomic E-state index is 0.136. The molecule has 0 spiro atoms. The van der Waals surface area contributed by atoms with Crippen molar-refractivity contribution in [3.8, 4) is 0 Å². The van der Waals surface area contributed by atoms with Crippen LogP contribution in [0, 0.1) is 5.82 Å². The lowest BCUT2D eigenvalue weighted by Crippen LogP contribution is -2.33. The number of esters is 1. The van der Waals surface area contributed by atoms with Crippen LogP contribution < -0.4 is 5.73 Å². The second kappa shape index (κ2) is 6.38. The lowest BCUT2D eigenvalue weighted by atomic mass is 10.3. The van der Waals surface area contributed by atoms with Crippen LogP contribution in [0.3, 0.4) is 0 Å². The highest BCUT2D eigenvalue weighted by molar-refractivity contribution is 7.89. The number of carbonyl (C=O) groups is 1. The molecule has 1 rings (SSSR count). The first-order valence-corrected chi connectivity index (χ1v) is 7.38. The molecule has 0 amide bonds. The van der Waals surface area contributed by atoms with Crippen LogP contribution in [0.15, 0.2) is 17.0 Å². The molecule has 6 nitrogen and oxygen atoms in total. The number of nitrogen functional groups attached to an aromatic ring is 1. The molecule has 2 N–H and O–H groups in total. The molecule has 112 valence electrons. The summed E-state index contributed by atoms with van der Waals surface area (Å²) in [5.74, 6) is -1.52. The predicted molar refractivity (Wildman–Crippen MR) is 72.3 cm³/mol. The van der Waals surface area contributed by atoms with Crippen LogP contribution in [0.25, 0.3) is 0 Å². The van der Waals surface area contributed by atoms with E-state index >= 15 is 0 Å². The standard InChI is InChI=1S/C11H14ClFN2O4S/c1-3-19-11(16)6-15(2)20(17,18)10-5-9(14)8(13)4-7(10)12/h4-5H,3,6,14H2,1-2H3. The maximum atomic E-state index is 13.2. The Hall–Kier alpha value is -1.38. The van der Waals surface area contributed by atoms with Gasteiger partial charge < -0.3 is 10.5 Å². The molecule has 0 saturated carbocycles. The number of sulfonamides is 1. The van der Waals surface area contributed by atoms with Gasteiger partial charge in [-0.15, -0.1) is 0 Å². The first-order chi connectivity index (χ1) is 9.20. The molecule has 0 atom stereocenters. The molecule has 1 aromatic carbocycles. The molecule has 0 aliphatic rings. The van der Waals surface area contributed by atoms with Crippen LogP contribution in [0.4, 0.5) is 10.1 Å². The molecule has 9 heteroatoms. The number of hydrogen-bond donors (Lipinski definition) is 1. The second-order valence-electron chi connectivity index (χ2n) is 3.87. The van der Waals surface area contributed by atoms with E-state index in [0.29, 0.717) is 0 Å². The van der Waals surface area contributed by atoms with E-state index in [1.54, 1.807) is 6.92 Å². The normalized spacial score (nSPS) is 11.7. The molecule has 0 saturated heterocycles. The highest BCUT2D eigenvalue weighted by atomic mass is 35.5. The van der Waals surface area contributed by atoms with Crippen LogP contribution in [0.5, 0.6) is 0 Å². The Morgan fingerprint density at radius 3 is 2.65 bits per heavy atom. The van der Waals surface area contributed by atoms with Gasteiger partial charge >= 0.3 is 5.97 Å². The van der Waals surface area contributed by atoms with Gasteiger partial charge in [-0.1, -0.05) is 11.6 Å². The molecule has 0 aliphatic heterocycles. The number of benzene rings is 1. The number of likely N-dealkylation sites (N-methyl/N-ethyl adjacent to an activating group) is 1. The van der Waals surface area contributed by atoms with Crippen molar-refractivity contribution >= 4 is 33.3 Å². The summed E-state index contributed by atoms with van der Waals surface area (Å²) in [6, 6.07) is 1.72. The van der Waals surface area contributed by atoms with Gasteiger partial charge in [-0.2, -0.15) is 4.31 Å². The van der Waals surface area contributed by atoms with Gasteiger partial charge in [-0.25, -0.2) is 12.8 Å². The number of anilines is 1. The summed E-state index contributed by atoms with van der Waals surface area (Å²) in [4.78, 5) is 10.9. The summed E-state index contributed by atoms with van der Waals surface area (Å²) in [6.45, 7) is 1.25. The fourth-order valence-electron chi connectivity index (χ4n) is 1.38. The Kier molecular flexibility index (Phi) is 5.32. The summed E-state index contributed by atoms with van der Waals surface area (Å²) >= 11 is 5.71. The fraction of sp³-hybridized carbons (Fsp3) is 0.364. The molecule has 1 aromatic rings. The van der Waals surface area contributed by atoms with E-state index in [9.17, 15) is 17.6 Å². The zero-order valence-electron chi connectivity index (χ0n) is 10.9. The largest absolute Gasteiger partial charge is 0.465 e. The molecular formula is C11H14ClFN2O4S. The van der Waals surface area contributed by atoms with Crippen LogP contribution in [-0.2, 0) is 19.6 Å². The molecule has 0 aromatic heterocycles. The van der Waals surface area contributed by atoms with E-state index < -0.39 is 28.4 Å². The lowest BCUT2D eigenvalue weighted by molar-refractivity contribution is -0.143. The van der Waals surface area contributed by atoms with E-state index in [0.717, 1.165) is 16.4 Å². The van der Waals surface area contributed by atoms with Gasteiger partial charge in [0.1, 0.15) is 17.3 Å². The third kappa shape index (κ3) is 3.59. The maximum Gasteiger partial charge on any atom is 0.321 e. The fourth-order valence-corrected chi connectivity index (χ4v) is 3.02. The number of rotatable bonds is 5. The Labute approximate surface area is 121 Å². The Bertz CT molecular complexity index is 621. The minimum atomic E-state index is -4.07. The van der Waals surface area contributed by atoms with Crippen molar-refractivity contribution in [3.63, 3.8) is 0 Å². The Morgan fingerprint density at radius 1 is 1.50 bits per heavy atom. The van der Waals surface area contributed by atoms with E-state index in [1.807, 2.05) is 0 Å². The van der Waals surface area contributed by atoms with Gasteiger partial charge in [0, 0.05) is 7.05 Å². The number of nitrogens with zero attached hydrogens (tertiary/aromatic N) is 1. The van der Waals surface area contributed by atoms with Crippen molar-refractivity contribution in [2.75, 3.05) is 25.9 Å². The quantitative estimate of drug-likeness (QED) is 0.650. The minimum Gasteiger partial charge on any atom is -0.465 e. The molecule has 20 heavy (non-hydrogen) atoms. The van der Waals surface area contributed by atoms with Crippen LogP contribution >= 0.6 is 11.6 Å². The van der Waals surface area contributed by atoms with Gasteiger partial charge in [0.05, 0.1) is 17.3 Å². The topological polar surface area (TPSA) is 89.7 Å². The van der Waals surface area contributed by atoms with Crippen molar-refractivity contribution in [1.82, 2.24) is 4.31 Å². The van der Waals surface area contributed by atoms with Crippen LogP contribution in [-0.4, -0.2) is 38.9 Å². The van der Waals surface area contributed by atoms with Crippen LogP contribution in [0.1, 0.15) is 6.92 Å². The molecular weight excluding hydrogens is 311 g/mol. The smallest absolute Gasteiger partial charge is 0.321 e. The monoisotopic (exact) mass is 324 g/mol. The molecule has 0 radical (unpaired) electrons. The van der Waals surface area contributed by atoms with Gasteiger partial charge in [-0.3, -0.25) is 4.79 Å². The zero-order valence-corrected chi connectivity index (χ0v) is 12.5. The first kappa shape index (κ1) is 16.7. The van der Waals surface area contributed by atoms with Crippen molar-refractivity contribution in [1.29, 1.82) is 0 Å². The van der Waals surface area contributed by atoms with Crippen molar-refractivity contribution < 1.29 is 22.3 Å². The number of ether oxygens (including phenoxy) is 1. The number of halogens is 2. The SMILES string of the molecule is CCOC(=O)CN(C)S(=O)(=O)c1cc(N)c(F)cc1Cl. The summed E-state index contributed by atoms with van der Waals surface area (Å²) < 4.78 is 43.0. The molecule has 0 fully saturated rings. The number of nitrogens with two attached hydrogens (primary N) is 1. The summed E-state index contributed by atoms with van der Waals surface area (Å²) in [6.07, 6.45) is 0. The average molecular weight is 325 g/mol. The van der Waals surface area contributed by atoms with Gasteiger partial charge in [0.2, 0.25) is 10.0 Å². The molecule has 0 heterocycles. The number of hydrogen-bond acceptors (Lipinski definition) is 5. The molecule has 0 unspecified atom stereocenters. The second-order valence-corrected chi connectivity index (χ2v) is 6.29. The van der Waals surface area contributed by atoms with Crippen molar-refractivity contribution in [2.24, 2.45) is 0 Å². The predicted octanol–water partition coefficient (Wildman–Crippen LogP) is 1.24. The number of carbonyl (C=O) groups excluding carboxylic acids is 1. The van der Waals surface area contributed by atoms with Crippen molar-refractivity contribution in [2.45, 2.75) is 11.8 Å². The van der Waals surface area contributed by atoms with E-state index in [2.05, 4.69) is 4.74 Å². The summed E-state index contributed by atoms with van der Waals surface area (Å²) in [7, 11) is -2.89. The van der Waals surface area contributed by atoms with E-state index in [4.69, 9.17) is 17.3 Å². The van der Waals surface area contributed by atoms with Gasteiger partial charge in [0.15, 0.2) is 0 Å². The van der Waals surface area contributed by atoms with Gasteiger partial charge in [0.25, 0.3) is 0 Å². The molecule has 0 aliphatic carbocycles. The Balaban J connectivity index is 3.11. The van der Waals surface area contributed by atoms with Gasteiger partial charge in [-0.05, 0) is 19.1 Å². The average Bonchev–Trinajstić information content (AvgIpc) is 2.33. The maximum absolute atomic E-state index is 13.2. The van der Waals surface area contributed by atoms with E-state index in [-0.39, 0.29) is 22.2 Å². The third-order valence-electron chi connectivity index (χ3n) is 2.40. The van der Waals surface area contributed by atoms with Crippen molar-refractivity contribution in [3.05, 3.63) is 23.0 Å². The first-order valence-electron chi connectivity index (χ1n) is 5.56. The lowest BCUT2D eigenvalue weighted by Gasteiger charge is -2.17. The highest BCUT2D eigenvalue weighted by Gasteiger charge is 2.27. The third-order valence-corrected chi connectivity index (χ3v) is 4.66. The van der Waals surface area contributed by atoms with Crippen LogP contribution in [0.2, 0.25) is 5.02 Å². The van der Waals surface area contributed by atoms with E-state index in [1.165, 1.54) is 7.05 Å². The Morgan fingerprint density at radius 2 is 2.10 bits per heavy atom. The highest BCUT2D eigenvalue weighted by Crippen LogP contribution is 2.28.